The second-order valence-corrected chi connectivity index (χ2v) is 4.51. The SMILES string of the molecule is Nc1cc(F)ccc1Oc1snc2ccccc12. The quantitative estimate of drug-likeness (QED) is 0.713. The van der Waals surface area contributed by atoms with Gasteiger partial charge in [-0.05, 0) is 24.3 Å². The van der Waals surface area contributed by atoms with E-state index in [9.17, 15) is 4.39 Å². The largest absolute Gasteiger partial charge is 0.442 e. The molecule has 0 unspecified atom stereocenters. The molecule has 0 atom stereocenters. The summed E-state index contributed by atoms with van der Waals surface area (Å²) in [6.45, 7) is 0. The summed E-state index contributed by atoms with van der Waals surface area (Å²) in [6.07, 6.45) is 0. The Bertz CT molecular complexity index is 711. The molecule has 0 aliphatic heterocycles. The third kappa shape index (κ3) is 1.89. The van der Waals surface area contributed by atoms with Gasteiger partial charge in [0.1, 0.15) is 5.82 Å². The van der Waals surface area contributed by atoms with Crippen LogP contribution in [0.4, 0.5) is 10.1 Å². The van der Waals surface area contributed by atoms with Crippen molar-refractivity contribution in [2.75, 3.05) is 5.73 Å². The lowest BCUT2D eigenvalue weighted by atomic mass is 10.2. The Kier molecular flexibility index (Phi) is 2.60. The van der Waals surface area contributed by atoms with Crippen LogP contribution in [0.2, 0.25) is 0 Å². The molecule has 0 bridgehead atoms. The van der Waals surface area contributed by atoms with Crippen LogP contribution in [0.15, 0.2) is 42.5 Å². The van der Waals surface area contributed by atoms with Crippen molar-refractivity contribution in [2.24, 2.45) is 0 Å². The molecule has 5 heteroatoms. The molecule has 0 spiro atoms. The van der Waals surface area contributed by atoms with Crippen LogP contribution in [0, 0.1) is 5.82 Å². The van der Waals surface area contributed by atoms with E-state index in [1.54, 1.807) is 0 Å². The molecule has 0 saturated carbocycles. The minimum Gasteiger partial charge on any atom is -0.442 e. The first kappa shape index (κ1) is 11.0. The van der Waals surface area contributed by atoms with Crippen LogP contribution in [0.25, 0.3) is 10.9 Å². The van der Waals surface area contributed by atoms with Crippen molar-refractivity contribution in [3.63, 3.8) is 0 Å². The molecule has 0 saturated heterocycles. The fourth-order valence-electron chi connectivity index (χ4n) is 1.65. The van der Waals surface area contributed by atoms with E-state index < -0.39 is 0 Å². The van der Waals surface area contributed by atoms with Gasteiger partial charge in [0.2, 0.25) is 5.06 Å². The molecule has 0 aliphatic rings. The Morgan fingerprint density at radius 1 is 1.17 bits per heavy atom. The number of nitrogens with two attached hydrogens (primary N) is 1. The fraction of sp³-hybridized carbons (Fsp3) is 0. The minimum atomic E-state index is -0.381. The number of halogens is 1. The van der Waals surface area contributed by atoms with Crippen molar-refractivity contribution in [3.05, 3.63) is 48.3 Å². The summed E-state index contributed by atoms with van der Waals surface area (Å²) in [5.41, 5.74) is 6.85. The number of ether oxygens (including phenoxy) is 1. The zero-order valence-corrected chi connectivity index (χ0v) is 10.1. The Balaban J connectivity index is 2.01. The monoisotopic (exact) mass is 260 g/mol. The van der Waals surface area contributed by atoms with Gasteiger partial charge in [-0.1, -0.05) is 12.1 Å². The highest BCUT2D eigenvalue weighted by Crippen LogP contribution is 2.35. The second kappa shape index (κ2) is 4.27. The van der Waals surface area contributed by atoms with Crippen LogP contribution in [-0.2, 0) is 0 Å². The first-order valence-corrected chi connectivity index (χ1v) is 6.08. The van der Waals surface area contributed by atoms with Crippen molar-refractivity contribution in [1.82, 2.24) is 4.37 Å². The summed E-state index contributed by atoms with van der Waals surface area (Å²) in [4.78, 5) is 0. The summed E-state index contributed by atoms with van der Waals surface area (Å²) in [5, 5.41) is 1.58. The number of fused-ring (bicyclic) bond motifs is 1. The molecule has 3 rings (SSSR count). The zero-order valence-electron chi connectivity index (χ0n) is 9.26. The first-order chi connectivity index (χ1) is 8.74. The molecule has 0 aliphatic carbocycles. The van der Waals surface area contributed by atoms with E-state index >= 15 is 0 Å². The van der Waals surface area contributed by atoms with Crippen molar-refractivity contribution in [3.8, 4) is 10.8 Å². The van der Waals surface area contributed by atoms with Crippen molar-refractivity contribution < 1.29 is 9.13 Å². The molecular weight excluding hydrogens is 251 g/mol. The summed E-state index contributed by atoms with van der Waals surface area (Å²) < 4.78 is 22.9. The third-order valence-electron chi connectivity index (χ3n) is 2.53. The van der Waals surface area contributed by atoms with Crippen LogP contribution < -0.4 is 10.5 Å². The maximum atomic E-state index is 12.9. The van der Waals surface area contributed by atoms with Crippen LogP contribution in [0.3, 0.4) is 0 Å². The maximum Gasteiger partial charge on any atom is 0.208 e. The highest BCUT2D eigenvalue weighted by Gasteiger charge is 2.09. The van der Waals surface area contributed by atoms with Gasteiger partial charge in [-0.3, -0.25) is 0 Å². The molecule has 1 aromatic heterocycles. The zero-order chi connectivity index (χ0) is 12.5. The first-order valence-electron chi connectivity index (χ1n) is 5.31. The number of aromatic nitrogens is 1. The number of rotatable bonds is 2. The van der Waals surface area contributed by atoms with E-state index in [1.807, 2.05) is 24.3 Å². The van der Waals surface area contributed by atoms with Gasteiger partial charge >= 0.3 is 0 Å². The van der Waals surface area contributed by atoms with Gasteiger partial charge in [-0.25, -0.2) is 4.39 Å². The second-order valence-electron chi connectivity index (χ2n) is 3.77. The number of hydrogen-bond acceptors (Lipinski definition) is 4. The Labute approximate surface area is 107 Å². The van der Waals surface area contributed by atoms with Gasteiger partial charge < -0.3 is 10.5 Å². The fourth-order valence-corrected chi connectivity index (χ4v) is 2.39. The van der Waals surface area contributed by atoms with Gasteiger partial charge in [0, 0.05) is 17.6 Å². The average Bonchev–Trinajstić information content (AvgIpc) is 2.76. The predicted octanol–water partition coefficient (Wildman–Crippen LogP) is 3.81. The third-order valence-corrected chi connectivity index (χ3v) is 3.28. The molecule has 90 valence electrons. The molecule has 0 amide bonds. The molecule has 0 fully saturated rings. The maximum absolute atomic E-state index is 12.9. The summed E-state index contributed by atoms with van der Waals surface area (Å²) in [6, 6.07) is 11.7. The Morgan fingerprint density at radius 2 is 2.00 bits per heavy atom. The van der Waals surface area contributed by atoms with Gasteiger partial charge in [0.25, 0.3) is 0 Å². The number of hydrogen-bond donors (Lipinski definition) is 1. The topological polar surface area (TPSA) is 48.1 Å². The summed E-state index contributed by atoms with van der Waals surface area (Å²) >= 11 is 1.25. The summed E-state index contributed by atoms with van der Waals surface area (Å²) in [5.74, 6) is 0.0554. The van der Waals surface area contributed by atoms with Gasteiger partial charge in [0.15, 0.2) is 5.75 Å². The number of nitrogens with zero attached hydrogens (tertiary/aromatic N) is 1. The van der Waals surface area contributed by atoms with Crippen molar-refractivity contribution >= 4 is 28.1 Å². The highest BCUT2D eigenvalue weighted by molar-refractivity contribution is 7.09. The van der Waals surface area contributed by atoms with E-state index in [0.29, 0.717) is 10.8 Å². The van der Waals surface area contributed by atoms with Crippen LogP contribution in [0.1, 0.15) is 0 Å². The van der Waals surface area contributed by atoms with Gasteiger partial charge in [-0.2, -0.15) is 4.37 Å². The molecular formula is C13H9FN2OS. The predicted molar refractivity (Wildman–Crippen MR) is 70.5 cm³/mol. The number of nitrogen functional groups attached to an aromatic ring is 1. The smallest absolute Gasteiger partial charge is 0.208 e. The molecule has 2 aromatic carbocycles. The van der Waals surface area contributed by atoms with E-state index in [4.69, 9.17) is 10.5 Å². The van der Waals surface area contributed by atoms with E-state index in [0.717, 1.165) is 10.9 Å². The molecule has 18 heavy (non-hydrogen) atoms. The van der Waals surface area contributed by atoms with Gasteiger partial charge in [-0.15, -0.1) is 0 Å². The van der Waals surface area contributed by atoms with Crippen molar-refractivity contribution in [2.45, 2.75) is 0 Å². The van der Waals surface area contributed by atoms with E-state index in [2.05, 4.69) is 4.37 Å². The van der Waals surface area contributed by atoms with Crippen LogP contribution >= 0.6 is 11.5 Å². The standard InChI is InChI=1S/C13H9FN2OS/c14-8-5-6-12(10(15)7-8)17-13-9-3-1-2-4-11(9)16-18-13/h1-7H,15H2. The summed E-state index contributed by atoms with van der Waals surface area (Å²) in [7, 11) is 0. The van der Waals surface area contributed by atoms with E-state index in [-0.39, 0.29) is 11.5 Å². The molecule has 2 N–H and O–H groups in total. The molecule has 1 heterocycles. The number of anilines is 1. The highest BCUT2D eigenvalue weighted by atomic mass is 32.1. The Morgan fingerprint density at radius 3 is 2.83 bits per heavy atom. The molecule has 3 nitrogen and oxygen atoms in total. The average molecular weight is 260 g/mol. The van der Waals surface area contributed by atoms with Crippen LogP contribution in [-0.4, -0.2) is 4.37 Å². The van der Waals surface area contributed by atoms with Crippen molar-refractivity contribution in [1.29, 1.82) is 0 Å². The lowest BCUT2D eigenvalue weighted by molar-refractivity contribution is 0.501. The van der Waals surface area contributed by atoms with E-state index in [1.165, 1.54) is 29.7 Å². The number of benzene rings is 2. The Hall–Kier alpha value is -2.14. The minimum absolute atomic E-state index is 0.271. The normalized spacial score (nSPS) is 10.7. The lowest BCUT2D eigenvalue weighted by Gasteiger charge is -2.06. The van der Waals surface area contributed by atoms with Gasteiger partial charge in [0.05, 0.1) is 16.6 Å². The van der Waals surface area contributed by atoms with Crippen LogP contribution in [0.5, 0.6) is 10.8 Å². The molecule has 3 aromatic rings. The lowest BCUT2D eigenvalue weighted by Crippen LogP contribution is -1.92. The molecule has 0 radical (unpaired) electrons.